The quantitative estimate of drug-likeness (QED) is 0.487. The first-order chi connectivity index (χ1) is 8.90. The molecule has 0 heterocycles. The van der Waals surface area contributed by atoms with E-state index in [9.17, 15) is 14.7 Å². The average molecular weight is 278 g/mol. The van der Waals surface area contributed by atoms with Crippen molar-refractivity contribution < 1.29 is 33.6 Å². The van der Waals surface area contributed by atoms with Crippen LogP contribution in [0.15, 0.2) is 0 Å². The number of hydrogen-bond acceptors (Lipinski definition) is 7. The maximum Gasteiger partial charge on any atom is 0.337 e. The molecule has 0 radical (unpaired) electrons. The first-order valence-corrected chi connectivity index (χ1v) is 6.21. The zero-order chi connectivity index (χ0) is 14.8. The van der Waals surface area contributed by atoms with Crippen LogP contribution < -0.4 is 0 Å². The van der Waals surface area contributed by atoms with Crippen LogP contribution in [0.25, 0.3) is 0 Å². The summed E-state index contributed by atoms with van der Waals surface area (Å²) < 4.78 is 19.5. The minimum Gasteiger partial charge on any atom is -0.436 e. The lowest BCUT2D eigenvalue weighted by Crippen LogP contribution is -2.31. The van der Waals surface area contributed by atoms with Crippen LogP contribution in [0.3, 0.4) is 0 Å². The highest BCUT2D eigenvalue weighted by Gasteiger charge is 2.24. The van der Waals surface area contributed by atoms with E-state index in [4.69, 9.17) is 18.9 Å². The normalized spacial score (nSPS) is 15.4. The lowest BCUT2D eigenvalue weighted by molar-refractivity contribution is -0.189. The second-order valence-corrected chi connectivity index (χ2v) is 3.69. The van der Waals surface area contributed by atoms with E-state index in [1.807, 2.05) is 0 Å². The second-order valence-electron chi connectivity index (χ2n) is 3.69. The molecule has 1 N–H and O–H groups in total. The monoisotopic (exact) mass is 278 g/mol. The van der Waals surface area contributed by atoms with Crippen LogP contribution in [0.2, 0.25) is 0 Å². The Morgan fingerprint density at radius 3 is 1.95 bits per heavy atom. The van der Waals surface area contributed by atoms with Crippen molar-refractivity contribution in [2.24, 2.45) is 0 Å². The molecule has 0 fully saturated rings. The summed E-state index contributed by atoms with van der Waals surface area (Å²) in [6.07, 6.45) is -3.56. The molecule has 19 heavy (non-hydrogen) atoms. The summed E-state index contributed by atoms with van der Waals surface area (Å²) in [6.45, 7) is 7.33. The summed E-state index contributed by atoms with van der Waals surface area (Å²) in [5, 5.41) is 9.48. The summed E-state index contributed by atoms with van der Waals surface area (Å²) >= 11 is 0. The third-order valence-electron chi connectivity index (χ3n) is 2.01. The van der Waals surface area contributed by atoms with Crippen molar-refractivity contribution in [3.63, 3.8) is 0 Å². The van der Waals surface area contributed by atoms with Gasteiger partial charge in [0.25, 0.3) is 0 Å². The lowest BCUT2D eigenvalue weighted by Gasteiger charge is -2.17. The molecule has 7 nitrogen and oxygen atoms in total. The van der Waals surface area contributed by atoms with Gasteiger partial charge in [0.1, 0.15) is 0 Å². The fraction of sp³-hybridized carbons (Fsp3) is 0.833. The smallest absolute Gasteiger partial charge is 0.337 e. The van der Waals surface area contributed by atoms with Crippen LogP contribution in [0.1, 0.15) is 34.1 Å². The van der Waals surface area contributed by atoms with Gasteiger partial charge in [-0.1, -0.05) is 0 Å². The van der Waals surface area contributed by atoms with Gasteiger partial charge in [0.15, 0.2) is 18.7 Å². The zero-order valence-electron chi connectivity index (χ0n) is 11.8. The van der Waals surface area contributed by atoms with Crippen LogP contribution in [0.5, 0.6) is 0 Å². The van der Waals surface area contributed by atoms with Crippen LogP contribution in [-0.4, -0.2) is 48.9 Å². The van der Waals surface area contributed by atoms with Crippen molar-refractivity contribution in [3.05, 3.63) is 0 Å². The molecule has 0 saturated carbocycles. The topological polar surface area (TPSA) is 91.3 Å². The van der Waals surface area contributed by atoms with E-state index in [1.54, 1.807) is 20.8 Å². The molecule has 0 saturated heterocycles. The minimum absolute atomic E-state index is 0.373. The van der Waals surface area contributed by atoms with Gasteiger partial charge in [0.05, 0.1) is 6.42 Å². The second kappa shape index (κ2) is 9.71. The van der Waals surface area contributed by atoms with E-state index in [0.717, 1.165) is 0 Å². The Balaban J connectivity index is 4.03. The highest BCUT2D eigenvalue weighted by atomic mass is 16.7. The number of carbonyl (C=O) groups excluding carboxylic acids is 2. The Morgan fingerprint density at radius 1 is 1.00 bits per heavy atom. The van der Waals surface area contributed by atoms with Gasteiger partial charge in [-0.25, -0.2) is 4.79 Å². The van der Waals surface area contributed by atoms with Gasteiger partial charge in [-0.2, -0.15) is 0 Å². The first kappa shape index (κ1) is 17.8. The zero-order valence-corrected chi connectivity index (χ0v) is 11.8. The molecule has 7 heteroatoms. The van der Waals surface area contributed by atoms with Gasteiger partial charge in [-0.3, -0.25) is 4.79 Å². The van der Waals surface area contributed by atoms with Gasteiger partial charge < -0.3 is 24.1 Å². The summed E-state index contributed by atoms with van der Waals surface area (Å²) in [5.41, 5.74) is 0. The Labute approximate surface area is 112 Å². The fourth-order valence-corrected chi connectivity index (χ4v) is 1.25. The summed E-state index contributed by atoms with van der Waals surface area (Å²) in [4.78, 5) is 22.7. The number of hydrogen-bond donors (Lipinski definition) is 1. The molecule has 0 spiro atoms. The van der Waals surface area contributed by atoms with E-state index in [-0.39, 0.29) is 0 Å². The van der Waals surface area contributed by atoms with Crippen LogP contribution in [-0.2, 0) is 28.5 Å². The third kappa shape index (κ3) is 8.52. The number of aliphatic hydroxyl groups is 1. The number of aliphatic hydroxyl groups excluding tert-OH is 1. The van der Waals surface area contributed by atoms with E-state index in [1.165, 1.54) is 6.92 Å². The van der Waals surface area contributed by atoms with Gasteiger partial charge in [0.2, 0.25) is 0 Å². The number of ether oxygens (including phenoxy) is 4. The van der Waals surface area contributed by atoms with Crippen molar-refractivity contribution in [3.8, 4) is 0 Å². The van der Waals surface area contributed by atoms with E-state index >= 15 is 0 Å². The Kier molecular flexibility index (Phi) is 9.11. The van der Waals surface area contributed by atoms with Crippen LogP contribution >= 0.6 is 0 Å². The van der Waals surface area contributed by atoms with Crippen molar-refractivity contribution in [1.29, 1.82) is 0 Å². The molecule has 0 aromatic rings. The molecule has 0 aromatic carbocycles. The van der Waals surface area contributed by atoms with Crippen LogP contribution in [0, 0.1) is 0 Å². The molecule has 0 bridgehead atoms. The highest BCUT2D eigenvalue weighted by Crippen LogP contribution is 2.04. The molecule has 3 atom stereocenters. The highest BCUT2D eigenvalue weighted by molar-refractivity contribution is 5.81. The van der Waals surface area contributed by atoms with E-state index in [0.29, 0.717) is 13.2 Å². The molecule has 0 rings (SSSR count). The van der Waals surface area contributed by atoms with Crippen molar-refractivity contribution >= 4 is 11.9 Å². The maximum absolute atomic E-state index is 11.4. The number of rotatable bonds is 9. The maximum atomic E-state index is 11.4. The molecular formula is C12H22O7. The Hall–Kier alpha value is -1.18. The van der Waals surface area contributed by atoms with Gasteiger partial charge >= 0.3 is 11.9 Å². The first-order valence-electron chi connectivity index (χ1n) is 6.21. The number of esters is 2. The molecule has 0 aliphatic rings. The average Bonchev–Trinajstić information content (AvgIpc) is 2.28. The summed E-state index contributed by atoms with van der Waals surface area (Å²) in [5.74, 6) is -1.67. The van der Waals surface area contributed by atoms with E-state index in [2.05, 4.69) is 0 Å². The summed E-state index contributed by atoms with van der Waals surface area (Å²) in [6, 6.07) is 0. The van der Waals surface area contributed by atoms with E-state index < -0.39 is 37.0 Å². The van der Waals surface area contributed by atoms with Gasteiger partial charge in [-0.05, 0) is 27.7 Å². The SMILES string of the molecule is CCOC(C)OC(=O)CC(O)C(=O)OC(C)OCC. The predicted molar refractivity (Wildman–Crippen MR) is 65.0 cm³/mol. The largest absolute Gasteiger partial charge is 0.436 e. The van der Waals surface area contributed by atoms with Gasteiger partial charge in [0, 0.05) is 13.2 Å². The fourth-order valence-electron chi connectivity index (χ4n) is 1.25. The molecule has 112 valence electrons. The molecule has 0 aromatic heterocycles. The van der Waals surface area contributed by atoms with Crippen molar-refractivity contribution in [2.75, 3.05) is 13.2 Å². The standard InChI is InChI=1S/C12H22O7/c1-5-16-8(3)18-11(14)7-10(13)12(15)19-9(4)17-6-2/h8-10,13H,5-7H2,1-4H3. The van der Waals surface area contributed by atoms with Crippen molar-refractivity contribution in [2.45, 2.75) is 52.8 Å². The summed E-state index contributed by atoms with van der Waals surface area (Å²) in [7, 11) is 0. The lowest BCUT2D eigenvalue weighted by atomic mass is 10.2. The predicted octanol–water partition coefficient (Wildman–Crippen LogP) is 0.589. The van der Waals surface area contributed by atoms with Crippen molar-refractivity contribution in [1.82, 2.24) is 0 Å². The Bertz CT molecular complexity index is 279. The molecular weight excluding hydrogens is 256 g/mol. The number of carbonyl (C=O) groups is 2. The minimum atomic E-state index is -1.58. The molecule has 0 aliphatic carbocycles. The third-order valence-corrected chi connectivity index (χ3v) is 2.01. The van der Waals surface area contributed by atoms with Gasteiger partial charge in [-0.15, -0.1) is 0 Å². The molecule has 3 unspecified atom stereocenters. The molecule has 0 amide bonds. The Morgan fingerprint density at radius 2 is 1.47 bits per heavy atom. The molecule has 0 aliphatic heterocycles. The van der Waals surface area contributed by atoms with Crippen LogP contribution in [0.4, 0.5) is 0 Å².